The molecule has 9 heteroatoms. The summed E-state index contributed by atoms with van der Waals surface area (Å²) in [6.07, 6.45) is 6.65. The summed E-state index contributed by atoms with van der Waals surface area (Å²) in [6.45, 7) is 9.19. The van der Waals surface area contributed by atoms with Crippen molar-refractivity contribution < 1.29 is 18.8 Å². The van der Waals surface area contributed by atoms with Crippen LogP contribution in [0.1, 0.15) is 76.8 Å². The molecule has 4 saturated carbocycles. The molecular formula is C25H40N4O4S. The zero-order valence-corrected chi connectivity index (χ0v) is 21.7. The van der Waals surface area contributed by atoms with Crippen LogP contribution in [0, 0.1) is 29.1 Å². The van der Waals surface area contributed by atoms with Gasteiger partial charge >= 0.3 is 0 Å². The molecule has 1 aromatic rings. The molecule has 0 aliphatic heterocycles. The standard InChI is InChI=1S/C25H40N4O4S/c1-14(2)34-22-21(23(31)28-20-17-8-15-7-16(10-17)11-18(20)9-15)33-29-24(22)32-13-25(3,4)12-19(30)27-6-5-26/h14-18,20H,5-13,26H2,1-4H3,(H,27,30)(H,28,31). The minimum Gasteiger partial charge on any atom is -0.474 e. The maximum Gasteiger partial charge on any atom is 0.291 e. The fourth-order valence-corrected chi connectivity index (χ4v) is 7.15. The number of nitrogens with one attached hydrogen (secondary N) is 2. The predicted octanol–water partition coefficient (Wildman–Crippen LogP) is 3.60. The van der Waals surface area contributed by atoms with Gasteiger partial charge in [0, 0.05) is 36.2 Å². The van der Waals surface area contributed by atoms with Gasteiger partial charge in [0.25, 0.3) is 11.8 Å². The van der Waals surface area contributed by atoms with Gasteiger partial charge in [-0.3, -0.25) is 9.59 Å². The molecule has 0 atom stereocenters. The number of nitrogens with zero attached hydrogens (tertiary/aromatic N) is 1. The summed E-state index contributed by atoms with van der Waals surface area (Å²) in [5.74, 6) is 3.19. The molecule has 4 aliphatic rings. The smallest absolute Gasteiger partial charge is 0.291 e. The minimum absolute atomic E-state index is 0.0632. The molecule has 5 rings (SSSR count). The maximum absolute atomic E-state index is 13.3. The quantitative estimate of drug-likeness (QED) is 0.404. The second kappa shape index (κ2) is 10.5. The third kappa shape index (κ3) is 5.90. The van der Waals surface area contributed by atoms with E-state index in [1.54, 1.807) is 0 Å². The number of ether oxygens (including phenoxy) is 1. The number of hydrogen-bond donors (Lipinski definition) is 3. The number of amides is 2. The van der Waals surface area contributed by atoms with Crippen LogP contribution in [0.2, 0.25) is 0 Å². The SMILES string of the molecule is CC(C)Sc1c(OCC(C)(C)CC(=O)NCCN)noc1C(=O)NC1C2CC3CC(C2)CC1C3. The lowest BCUT2D eigenvalue weighted by molar-refractivity contribution is -0.123. The highest BCUT2D eigenvalue weighted by molar-refractivity contribution is 8.00. The molecular weight excluding hydrogens is 452 g/mol. The Hall–Kier alpha value is -1.74. The molecule has 0 saturated heterocycles. The van der Waals surface area contributed by atoms with Gasteiger partial charge in [-0.25, -0.2) is 0 Å². The van der Waals surface area contributed by atoms with Gasteiger partial charge < -0.3 is 25.6 Å². The molecule has 1 heterocycles. The highest BCUT2D eigenvalue weighted by Gasteiger charge is 2.49. The molecule has 4 N–H and O–H groups in total. The summed E-state index contributed by atoms with van der Waals surface area (Å²) in [5.41, 5.74) is 5.04. The molecule has 2 amide bonds. The third-order valence-electron chi connectivity index (χ3n) is 7.41. The number of aromatic nitrogens is 1. The number of thioether (sulfide) groups is 1. The Balaban J connectivity index is 1.42. The minimum atomic E-state index is -0.416. The van der Waals surface area contributed by atoms with Crippen LogP contribution in [-0.2, 0) is 4.79 Å². The van der Waals surface area contributed by atoms with Crippen LogP contribution in [-0.4, -0.2) is 48.0 Å². The van der Waals surface area contributed by atoms with E-state index < -0.39 is 5.41 Å². The normalized spacial score (nSPS) is 27.8. The summed E-state index contributed by atoms with van der Waals surface area (Å²) in [5, 5.41) is 10.4. The van der Waals surface area contributed by atoms with Crippen LogP contribution in [0.3, 0.4) is 0 Å². The highest BCUT2D eigenvalue weighted by Crippen LogP contribution is 2.53. The average Bonchev–Trinajstić information content (AvgIpc) is 3.14. The summed E-state index contributed by atoms with van der Waals surface area (Å²) in [7, 11) is 0. The van der Waals surface area contributed by atoms with Crippen molar-refractivity contribution in [2.24, 2.45) is 34.8 Å². The summed E-state index contributed by atoms with van der Waals surface area (Å²) in [4.78, 5) is 26.1. The fraction of sp³-hybridized carbons (Fsp3) is 0.800. The molecule has 0 aromatic carbocycles. The van der Waals surface area contributed by atoms with Crippen LogP contribution in [0.4, 0.5) is 0 Å². The number of hydrogen-bond acceptors (Lipinski definition) is 7. The predicted molar refractivity (Wildman–Crippen MR) is 132 cm³/mol. The van der Waals surface area contributed by atoms with Gasteiger partial charge in [0.1, 0.15) is 4.90 Å². The second-order valence-electron chi connectivity index (χ2n) is 11.5. The largest absolute Gasteiger partial charge is 0.474 e. The van der Waals surface area contributed by atoms with Crippen molar-refractivity contribution in [3.05, 3.63) is 5.76 Å². The van der Waals surface area contributed by atoms with E-state index in [0.717, 1.165) is 11.8 Å². The summed E-state index contributed by atoms with van der Waals surface area (Å²) < 4.78 is 11.6. The van der Waals surface area contributed by atoms with E-state index in [2.05, 4.69) is 29.6 Å². The summed E-state index contributed by atoms with van der Waals surface area (Å²) >= 11 is 1.52. The molecule has 4 aliphatic carbocycles. The van der Waals surface area contributed by atoms with Gasteiger partial charge in [0.05, 0.1) is 6.61 Å². The molecule has 1 aromatic heterocycles. The van der Waals surface area contributed by atoms with Gasteiger partial charge in [0.2, 0.25) is 11.7 Å². The molecule has 4 fully saturated rings. The number of rotatable bonds is 11. The first-order valence-corrected chi connectivity index (χ1v) is 13.6. The van der Waals surface area contributed by atoms with Gasteiger partial charge in [-0.2, -0.15) is 0 Å². The van der Waals surface area contributed by atoms with Crippen LogP contribution < -0.4 is 21.1 Å². The first kappa shape index (κ1) is 25.4. The first-order chi connectivity index (χ1) is 16.1. The monoisotopic (exact) mass is 492 g/mol. The van der Waals surface area contributed by atoms with Crippen molar-refractivity contribution in [2.75, 3.05) is 19.7 Å². The van der Waals surface area contributed by atoms with Crippen molar-refractivity contribution in [3.63, 3.8) is 0 Å². The Morgan fingerprint density at radius 2 is 1.82 bits per heavy atom. The van der Waals surface area contributed by atoms with E-state index in [4.69, 9.17) is 15.0 Å². The fourth-order valence-electron chi connectivity index (χ4n) is 6.24. The molecule has 0 unspecified atom stereocenters. The van der Waals surface area contributed by atoms with Gasteiger partial charge in [-0.1, -0.05) is 27.7 Å². The van der Waals surface area contributed by atoms with Crippen LogP contribution in [0.25, 0.3) is 0 Å². The molecule has 0 spiro atoms. The van der Waals surface area contributed by atoms with Crippen molar-refractivity contribution >= 4 is 23.6 Å². The van der Waals surface area contributed by atoms with E-state index in [-0.39, 0.29) is 35.5 Å². The van der Waals surface area contributed by atoms with Crippen LogP contribution in [0.15, 0.2) is 9.42 Å². The van der Waals surface area contributed by atoms with Crippen molar-refractivity contribution in [1.29, 1.82) is 0 Å². The Labute approximate surface area is 206 Å². The third-order valence-corrected chi connectivity index (χ3v) is 8.48. The Bertz CT molecular complexity index is 856. The van der Waals surface area contributed by atoms with Gasteiger partial charge in [-0.05, 0) is 60.9 Å². The van der Waals surface area contributed by atoms with Gasteiger partial charge in [0.15, 0.2) is 0 Å². The molecule has 8 nitrogen and oxygen atoms in total. The number of carbonyl (C=O) groups is 2. The lowest BCUT2D eigenvalue weighted by atomic mass is 9.54. The highest BCUT2D eigenvalue weighted by atomic mass is 32.2. The van der Waals surface area contributed by atoms with E-state index in [1.807, 2.05) is 13.8 Å². The first-order valence-electron chi connectivity index (χ1n) is 12.7. The van der Waals surface area contributed by atoms with E-state index >= 15 is 0 Å². The molecule has 0 radical (unpaired) electrons. The number of carbonyl (C=O) groups excluding carboxylic acids is 2. The Morgan fingerprint density at radius 3 is 2.41 bits per heavy atom. The lowest BCUT2D eigenvalue weighted by Crippen LogP contribution is -2.55. The zero-order valence-electron chi connectivity index (χ0n) is 20.9. The average molecular weight is 493 g/mol. The van der Waals surface area contributed by atoms with E-state index in [1.165, 1.54) is 43.9 Å². The van der Waals surface area contributed by atoms with E-state index in [0.29, 0.717) is 42.1 Å². The number of nitrogens with two attached hydrogens (primary N) is 1. The van der Waals surface area contributed by atoms with Crippen LogP contribution in [0.5, 0.6) is 5.88 Å². The molecule has 190 valence electrons. The zero-order chi connectivity index (χ0) is 24.5. The summed E-state index contributed by atoms with van der Waals surface area (Å²) in [6, 6.07) is 0.234. The van der Waals surface area contributed by atoms with Crippen molar-refractivity contribution in [1.82, 2.24) is 15.8 Å². The maximum atomic E-state index is 13.3. The van der Waals surface area contributed by atoms with Crippen LogP contribution >= 0.6 is 11.8 Å². The van der Waals surface area contributed by atoms with Crippen molar-refractivity contribution in [3.8, 4) is 5.88 Å². The molecule has 34 heavy (non-hydrogen) atoms. The van der Waals surface area contributed by atoms with E-state index in [9.17, 15) is 9.59 Å². The lowest BCUT2D eigenvalue weighted by Gasteiger charge is -2.54. The Kier molecular flexibility index (Phi) is 7.82. The molecule has 4 bridgehead atoms. The second-order valence-corrected chi connectivity index (χ2v) is 13.1. The van der Waals surface area contributed by atoms with Gasteiger partial charge in [-0.15, -0.1) is 11.8 Å². The van der Waals surface area contributed by atoms with Crippen molar-refractivity contribution in [2.45, 2.75) is 82.4 Å². The Morgan fingerprint density at radius 1 is 1.18 bits per heavy atom. The topological polar surface area (TPSA) is 119 Å².